The molecular formula is C20H34N4O2. The molecule has 6 heteroatoms. The zero-order chi connectivity index (χ0) is 18.1. The smallest absolute Gasteiger partial charge is 0.315 e. The lowest BCUT2D eigenvalue weighted by atomic mass is 9.83. The molecule has 0 aromatic carbocycles. The lowest BCUT2D eigenvalue weighted by molar-refractivity contribution is -0.138. The number of amides is 3. The van der Waals surface area contributed by atoms with Crippen LogP contribution in [-0.4, -0.2) is 48.1 Å². The van der Waals surface area contributed by atoms with Crippen LogP contribution in [-0.2, 0) is 4.79 Å². The first-order chi connectivity index (χ1) is 12.6. The Morgan fingerprint density at radius 3 is 2.04 bits per heavy atom. The molecule has 0 spiro atoms. The van der Waals surface area contributed by atoms with Crippen molar-refractivity contribution >= 4 is 11.9 Å². The first-order valence-electron chi connectivity index (χ1n) is 10.7. The largest absolute Gasteiger partial charge is 0.342 e. The summed E-state index contributed by atoms with van der Waals surface area (Å²) in [6.07, 6.45) is 11.2. The van der Waals surface area contributed by atoms with Crippen LogP contribution in [0.4, 0.5) is 4.79 Å². The van der Waals surface area contributed by atoms with E-state index in [2.05, 4.69) is 10.6 Å². The van der Waals surface area contributed by atoms with Crippen LogP contribution < -0.4 is 16.4 Å². The first-order valence-corrected chi connectivity index (χ1v) is 10.7. The van der Waals surface area contributed by atoms with Gasteiger partial charge in [-0.2, -0.15) is 0 Å². The molecule has 146 valence electrons. The molecule has 2 bridgehead atoms. The molecule has 4 unspecified atom stereocenters. The van der Waals surface area contributed by atoms with E-state index in [1.54, 1.807) is 0 Å². The fraction of sp³-hybridized carbons (Fsp3) is 0.900. The van der Waals surface area contributed by atoms with Crippen molar-refractivity contribution in [2.24, 2.45) is 23.5 Å². The quantitative estimate of drug-likeness (QED) is 0.717. The van der Waals surface area contributed by atoms with E-state index < -0.39 is 0 Å². The highest BCUT2D eigenvalue weighted by atomic mass is 16.2. The summed E-state index contributed by atoms with van der Waals surface area (Å²) in [4.78, 5) is 27.2. The minimum atomic E-state index is -0.0307. The number of carbonyl (C=O) groups is 2. The molecule has 4 atom stereocenters. The first kappa shape index (κ1) is 18.1. The summed E-state index contributed by atoms with van der Waals surface area (Å²) in [7, 11) is 0. The van der Waals surface area contributed by atoms with Crippen molar-refractivity contribution in [1.29, 1.82) is 0 Å². The number of nitrogens with one attached hydrogen (secondary N) is 2. The van der Waals surface area contributed by atoms with E-state index in [1.807, 2.05) is 4.90 Å². The minimum Gasteiger partial charge on any atom is -0.342 e. The molecule has 3 saturated carbocycles. The van der Waals surface area contributed by atoms with Crippen molar-refractivity contribution in [3.63, 3.8) is 0 Å². The third-order valence-corrected chi connectivity index (χ3v) is 7.35. The van der Waals surface area contributed by atoms with Gasteiger partial charge in [0.1, 0.15) is 0 Å². The van der Waals surface area contributed by atoms with Gasteiger partial charge in [0.25, 0.3) is 0 Å². The fourth-order valence-corrected chi connectivity index (χ4v) is 5.82. The summed E-state index contributed by atoms with van der Waals surface area (Å²) < 4.78 is 0. The average Bonchev–Trinajstić information content (AvgIpc) is 3.24. The highest BCUT2D eigenvalue weighted by molar-refractivity contribution is 5.81. The molecule has 0 aromatic rings. The predicted octanol–water partition coefficient (Wildman–Crippen LogP) is 1.98. The molecule has 0 aromatic heterocycles. The SMILES string of the molecule is NC1C2CCC(C2)C1C(=O)N1CCC(NC(=O)NC2CCCCC2)CC1. The van der Waals surface area contributed by atoms with Crippen molar-refractivity contribution < 1.29 is 9.59 Å². The summed E-state index contributed by atoms with van der Waals surface area (Å²) in [5, 5.41) is 6.24. The summed E-state index contributed by atoms with van der Waals surface area (Å²) in [5.74, 6) is 1.40. The van der Waals surface area contributed by atoms with E-state index in [0.29, 0.717) is 17.9 Å². The van der Waals surface area contributed by atoms with Crippen molar-refractivity contribution in [1.82, 2.24) is 15.5 Å². The highest BCUT2D eigenvalue weighted by Gasteiger charge is 2.50. The molecule has 4 rings (SSSR count). The molecule has 1 heterocycles. The maximum atomic E-state index is 12.9. The molecule has 4 N–H and O–H groups in total. The van der Waals surface area contributed by atoms with E-state index in [9.17, 15) is 9.59 Å². The lowest BCUT2D eigenvalue weighted by Crippen LogP contribution is -2.53. The van der Waals surface area contributed by atoms with Gasteiger partial charge in [-0.1, -0.05) is 19.3 Å². The second-order valence-electron chi connectivity index (χ2n) is 8.99. The van der Waals surface area contributed by atoms with E-state index in [4.69, 9.17) is 5.73 Å². The molecule has 3 aliphatic carbocycles. The number of hydrogen-bond acceptors (Lipinski definition) is 3. The highest BCUT2D eigenvalue weighted by Crippen LogP contribution is 2.48. The molecule has 4 fully saturated rings. The normalized spacial score (nSPS) is 35.5. The molecule has 26 heavy (non-hydrogen) atoms. The monoisotopic (exact) mass is 362 g/mol. The molecule has 3 amide bonds. The van der Waals surface area contributed by atoms with Crippen LogP contribution in [0.3, 0.4) is 0 Å². The van der Waals surface area contributed by atoms with E-state index in [0.717, 1.165) is 45.2 Å². The van der Waals surface area contributed by atoms with E-state index in [-0.39, 0.29) is 29.9 Å². The Hall–Kier alpha value is -1.30. The number of urea groups is 1. The molecule has 1 aliphatic heterocycles. The van der Waals surface area contributed by atoms with Gasteiger partial charge in [-0.05, 0) is 56.8 Å². The Kier molecular flexibility index (Phi) is 5.39. The van der Waals surface area contributed by atoms with Gasteiger partial charge in [0.15, 0.2) is 0 Å². The van der Waals surface area contributed by atoms with Gasteiger partial charge < -0.3 is 21.3 Å². The second kappa shape index (κ2) is 7.75. The molecule has 0 radical (unpaired) electrons. The fourth-order valence-electron chi connectivity index (χ4n) is 5.82. The second-order valence-corrected chi connectivity index (χ2v) is 8.99. The topological polar surface area (TPSA) is 87.5 Å². The number of hydrogen-bond donors (Lipinski definition) is 3. The number of likely N-dealkylation sites (tertiary alicyclic amines) is 1. The number of rotatable bonds is 3. The standard InChI is InChI=1S/C20H34N4O2/c21-18-14-7-6-13(12-14)17(18)19(25)24-10-8-16(9-11-24)23-20(26)22-15-4-2-1-3-5-15/h13-18H,1-12,21H2,(H2,22,23,26). The number of carbonyl (C=O) groups excluding carboxylic acids is 2. The van der Waals surface area contributed by atoms with Crippen LogP contribution in [0.2, 0.25) is 0 Å². The maximum absolute atomic E-state index is 12.9. The van der Waals surface area contributed by atoms with Gasteiger partial charge in [0.05, 0.1) is 5.92 Å². The third-order valence-electron chi connectivity index (χ3n) is 7.35. The summed E-state index contributed by atoms with van der Waals surface area (Å²) >= 11 is 0. The van der Waals surface area contributed by atoms with Gasteiger partial charge in [-0.3, -0.25) is 4.79 Å². The Morgan fingerprint density at radius 1 is 0.808 bits per heavy atom. The summed E-state index contributed by atoms with van der Waals surface area (Å²) in [5.41, 5.74) is 6.34. The predicted molar refractivity (Wildman–Crippen MR) is 100 cm³/mol. The summed E-state index contributed by atoms with van der Waals surface area (Å²) in [6.45, 7) is 1.49. The van der Waals surface area contributed by atoms with Crippen molar-refractivity contribution in [3.05, 3.63) is 0 Å². The van der Waals surface area contributed by atoms with Crippen molar-refractivity contribution in [3.8, 4) is 0 Å². The van der Waals surface area contributed by atoms with Crippen LogP contribution in [0.15, 0.2) is 0 Å². The minimum absolute atomic E-state index is 0.0307. The van der Waals surface area contributed by atoms with Crippen LogP contribution in [0, 0.1) is 17.8 Å². The Labute approximate surface area is 156 Å². The van der Waals surface area contributed by atoms with Gasteiger partial charge in [-0.15, -0.1) is 0 Å². The van der Waals surface area contributed by atoms with E-state index in [1.165, 1.54) is 32.1 Å². The Morgan fingerprint density at radius 2 is 1.42 bits per heavy atom. The zero-order valence-electron chi connectivity index (χ0n) is 15.8. The molecule has 1 saturated heterocycles. The average molecular weight is 363 g/mol. The van der Waals surface area contributed by atoms with Crippen molar-refractivity contribution in [2.75, 3.05) is 13.1 Å². The van der Waals surface area contributed by atoms with E-state index >= 15 is 0 Å². The maximum Gasteiger partial charge on any atom is 0.315 e. The van der Waals surface area contributed by atoms with Crippen LogP contribution >= 0.6 is 0 Å². The van der Waals surface area contributed by atoms with Crippen LogP contribution in [0.25, 0.3) is 0 Å². The Bertz CT molecular complexity index is 524. The number of fused-ring (bicyclic) bond motifs is 2. The van der Waals surface area contributed by atoms with Gasteiger partial charge in [0, 0.05) is 31.2 Å². The lowest BCUT2D eigenvalue weighted by Gasteiger charge is -2.37. The van der Waals surface area contributed by atoms with Gasteiger partial charge in [0.2, 0.25) is 5.91 Å². The summed E-state index contributed by atoms with van der Waals surface area (Å²) in [6, 6.07) is 0.552. The third kappa shape index (κ3) is 3.71. The molecular weight excluding hydrogens is 328 g/mol. The Balaban J connectivity index is 1.21. The van der Waals surface area contributed by atoms with Gasteiger partial charge in [-0.25, -0.2) is 4.79 Å². The number of nitrogens with two attached hydrogens (primary N) is 1. The van der Waals surface area contributed by atoms with Gasteiger partial charge >= 0.3 is 6.03 Å². The van der Waals surface area contributed by atoms with Crippen LogP contribution in [0.1, 0.15) is 64.2 Å². The zero-order valence-corrected chi connectivity index (χ0v) is 15.8. The molecule has 6 nitrogen and oxygen atoms in total. The number of piperidine rings is 1. The number of nitrogens with zero attached hydrogens (tertiary/aromatic N) is 1. The van der Waals surface area contributed by atoms with Crippen molar-refractivity contribution in [2.45, 2.75) is 82.3 Å². The molecule has 4 aliphatic rings. The van der Waals surface area contributed by atoms with Crippen LogP contribution in [0.5, 0.6) is 0 Å².